The number of nitrogens with one attached hydrogen (secondary N) is 1. The van der Waals surface area contributed by atoms with Crippen LogP contribution in [-0.2, 0) is 14.3 Å². The van der Waals surface area contributed by atoms with Crippen molar-refractivity contribution in [1.29, 1.82) is 0 Å². The Kier molecular flexibility index (Phi) is 8.00. The van der Waals surface area contributed by atoms with E-state index in [-0.39, 0.29) is 18.6 Å². The lowest BCUT2D eigenvalue weighted by molar-refractivity contribution is -0.143. The molecular weight excluding hydrogens is 390 g/mol. The maximum atomic E-state index is 12.5. The number of rotatable bonds is 9. The molecule has 0 heterocycles. The number of carbonyl (C=O) groups is 2. The second kappa shape index (κ2) is 11.4. The summed E-state index contributed by atoms with van der Waals surface area (Å²) in [5.74, 6) is -0.299. The van der Waals surface area contributed by atoms with Crippen molar-refractivity contribution >= 4 is 18.0 Å². The van der Waals surface area contributed by atoms with Gasteiger partial charge in [-0.3, -0.25) is 4.79 Å². The van der Waals surface area contributed by atoms with E-state index in [1.54, 1.807) is 6.08 Å². The van der Waals surface area contributed by atoms with Crippen LogP contribution in [0.2, 0.25) is 0 Å². The van der Waals surface area contributed by atoms with E-state index in [2.05, 4.69) is 5.32 Å². The number of ether oxygens (including phenoxy) is 2. The molecule has 31 heavy (non-hydrogen) atoms. The first-order chi connectivity index (χ1) is 15.2. The molecular formula is C26H25NO4. The van der Waals surface area contributed by atoms with Gasteiger partial charge < -0.3 is 14.8 Å². The molecule has 0 atom stereocenters. The molecule has 0 fully saturated rings. The highest BCUT2D eigenvalue weighted by Gasteiger charge is 2.17. The normalized spacial score (nSPS) is 10.8. The molecule has 1 N–H and O–H groups in total. The zero-order valence-corrected chi connectivity index (χ0v) is 17.4. The fourth-order valence-corrected chi connectivity index (χ4v) is 3.10. The molecule has 5 heteroatoms. The topological polar surface area (TPSA) is 64.6 Å². The van der Waals surface area contributed by atoms with Crippen LogP contribution < -0.4 is 10.1 Å². The lowest BCUT2D eigenvalue weighted by Crippen LogP contribution is -2.32. The number of hydrogen-bond acceptors (Lipinski definition) is 4. The van der Waals surface area contributed by atoms with E-state index in [0.717, 1.165) is 16.7 Å². The van der Waals surface area contributed by atoms with Crippen LogP contribution in [0.25, 0.3) is 6.08 Å². The molecule has 0 aliphatic carbocycles. The van der Waals surface area contributed by atoms with Gasteiger partial charge in [0.25, 0.3) is 5.91 Å². The molecule has 0 saturated carbocycles. The van der Waals surface area contributed by atoms with E-state index in [1.165, 1.54) is 6.08 Å². The van der Waals surface area contributed by atoms with Crippen molar-refractivity contribution in [2.24, 2.45) is 0 Å². The third-order valence-electron chi connectivity index (χ3n) is 4.53. The van der Waals surface area contributed by atoms with Crippen LogP contribution >= 0.6 is 0 Å². The third-order valence-corrected chi connectivity index (χ3v) is 4.53. The largest absolute Gasteiger partial charge is 0.493 e. The van der Waals surface area contributed by atoms with E-state index < -0.39 is 5.97 Å². The fourth-order valence-electron chi connectivity index (χ4n) is 3.10. The van der Waals surface area contributed by atoms with Crippen LogP contribution in [0.15, 0.2) is 91.0 Å². The first kappa shape index (κ1) is 21.8. The molecule has 0 aromatic heterocycles. The number of esters is 1. The molecule has 0 bridgehead atoms. The van der Waals surface area contributed by atoms with E-state index in [4.69, 9.17) is 9.47 Å². The van der Waals surface area contributed by atoms with Crippen LogP contribution in [0.5, 0.6) is 5.75 Å². The Hall–Kier alpha value is -3.86. The molecule has 0 unspecified atom stereocenters. The summed E-state index contributed by atoms with van der Waals surface area (Å²) in [5.41, 5.74) is 2.65. The second-order valence-corrected chi connectivity index (χ2v) is 6.73. The molecule has 0 radical (unpaired) electrons. The van der Waals surface area contributed by atoms with Gasteiger partial charge in [-0.15, -0.1) is 0 Å². The molecule has 1 amide bonds. The average Bonchev–Trinajstić information content (AvgIpc) is 2.82. The van der Waals surface area contributed by atoms with Gasteiger partial charge >= 0.3 is 5.97 Å². The summed E-state index contributed by atoms with van der Waals surface area (Å²) in [5, 5.41) is 2.94. The highest BCUT2D eigenvalue weighted by atomic mass is 16.5. The summed E-state index contributed by atoms with van der Waals surface area (Å²) in [6.07, 6.45) is 2.90. The van der Waals surface area contributed by atoms with Crippen LogP contribution in [0.4, 0.5) is 0 Å². The van der Waals surface area contributed by atoms with Crippen molar-refractivity contribution in [1.82, 2.24) is 5.32 Å². The van der Waals surface area contributed by atoms with Crippen LogP contribution in [0.3, 0.4) is 0 Å². The van der Waals surface area contributed by atoms with E-state index in [9.17, 15) is 9.59 Å². The van der Waals surface area contributed by atoms with Gasteiger partial charge in [-0.05, 0) is 30.2 Å². The van der Waals surface area contributed by atoms with Gasteiger partial charge in [0.05, 0.1) is 12.6 Å². The highest BCUT2D eigenvalue weighted by Crippen LogP contribution is 2.22. The lowest BCUT2D eigenvalue weighted by Gasteiger charge is -2.19. The SMILES string of the molecule is CCOc1ccccc1/C=C/C(=O)OCC(=O)NC(c1ccccc1)c1ccccc1. The number of hydrogen-bond donors (Lipinski definition) is 1. The van der Waals surface area contributed by atoms with Crippen molar-refractivity contribution in [3.8, 4) is 5.75 Å². The summed E-state index contributed by atoms with van der Waals surface area (Å²) in [4.78, 5) is 24.6. The first-order valence-electron chi connectivity index (χ1n) is 10.1. The van der Waals surface area contributed by atoms with Crippen molar-refractivity contribution in [3.63, 3.8) is 0 Å². The summed E-state index contributed by atoms with van der Waals surface area (Å²) < 4.78 is 10.6. The molecule has 3 aromatic rings. The number of carbonyl (C=O) groups excluding carboxylic acids is 2. The molecule has 0 aliphatic heterocycles. The minimum Gasteiger partial charge on any atom is -0.493 e. The molecule has 0 aliphatic rings. The Labute approximate surface area is 182 Å². The van der Waals surface area contributed by atoms with Crippen LogP contribution in [-0.4, -0.2) is 25.1 Å². The summed E-state index contributed by atoms with van der Waals surface area (Å²) in [7, 11) is 0. The Morgan fingerprint density at radius 1 is 0.871 bits per heavy atom. The Bertz CT molecular complexity index is 976. The zero-order valence-electron chi connectivity index (χ0n) is 17.4. The lowest BCUT2D eigenvalue weighted by atomic mass is 9.99. The third kappa shape index (κ3) is 6.57. The minimum atomic E-state index is -0.600. The van der Waals surface area contributed by atoms with Gasteiger partial charge in [-0.1, -0.05) is 78.9 Å². The molecule has 0 saturated heterocycles. The average molecular weight is 415 g/mol. The number of benzene rings is 3. The molecule has 5 nitrogen and oxygen atoms in total. The quantitative estimate of drug-likeness (QED) is 0.411. The molecule has 3 aromatic carbocycles. The van der Waals surface area contributed by atoms with Crippen molar-refractivity contribution in [2.45, 2.75) is 13.0 Å². The zero-order chi connectivity index (χ0) is 21.9. The highest BCUT2D eigenvalue weighted by molar-refractivity contribution is 5.89. The molecule has 0 spiro atoms. The van der Waals surface area contributed by atoms with Gasteiger partial charge in [0, 0.05) is 11.6 Å². The van der Waals surface area contributed by atoms with Gasteiger partial charge in [0.1, 0.15) is 5.75 Å². The van der Waals surface area contributed by atoms with Crippen LogP contribution in [0, 0.1) is 0 Å². The number of amides is 1. The molecule has 3 rings (SSSR count). The standard InChI is InChI=1S/C26H25NO4/c1-2-30-23-16-10-9-11-20(23)17-18-25(29)31-19-24(28)27-26(21-12-5-3-6-13-21)22-14-7-4-8-15-22/h3-18,26H,2,19H2,1H3,(H,27,28)/b18-17+. The first-order valence-corrected chi connectivity index (χ1v) is 10.1. The predicted octanol–water partition coefficient (Wildman–Crippen LogP) is 4.55. The van der Waals surface area contributed by atoms with Crippen molar-refractivity contribution in [3.05, 3.63) is 108 Å². The predicted molar refractivity (Wildman–Crippen MR) is 120 cm³/mol. The van der Waals surface area contributed by atoms with Crippen molar-refractivity contribution in [2.75, 3.05) is 13.2 Å². The Morgan fingerprint density at radius 2 is 1.45 bits per heavy atom. The minimum absolute atomic E-state index is 0.331. The Morgan fingerprint density at radius 3 is 2.06 bits per heavy atom. The van der Waals surface area contributed by atoms with E-state index in [0.29, 0.717) is 12.4 Å². The van der Waals surface area contributed by atoms with Gasteiger partial charge in [-0.2, -0.15) is 0 Å². The second-order valence-electron chi connectivity index (χ2n) is 6.73. The molecule has 158 valence electrons. The summed E-state index contributed by atoms with van der Waals surface area (Å²) in [6.45, 7) is 2.05. The maximum absolute atomic E-state index is 12.5. The monoisotopic (exact) mass is 415 g/mol. The van der Waals surface area contributed by atoms with E-state index >= 15 is 0 Å². The maximum Gasteiger partial charge on any atom is 0.331 e. The number of para-hydroxylation sites is 1. The van der Waals surface area contributed by atoms with Gasteiger partial charge in [0.15, 0.2) is 6.61 Å². The summed E-state index contributed by atoms with van der Waals surface area (Å²) in [6, 6.07) is 26.4. The van der Waals surface area contributed by atoms with E-state index in [1.807, 2.05) is 91.9 Å². The fraction of sp³-hybridized carbons (Fsp3) is 0.154. The smallest absolute Gasteiger partial charge is 0.331 e. The summed E-state index contributed by atoms with van der Waals surface area (Å²) >= 11 is 0. The van der Waals surface area contributed by atoms with Gasteiger partial charge in [0.2, 0.25) is 0 Å². The van der Waals surface area contributed by atoms with Crippen LogP contribution in [0.1, 0.15) is 29.7 Å². The van der Waals surface area contributed by atoms with Crippen molar-refractivity contribution < 1.29 is 19.1 Å². The Balaban J connectivity index is 1.60. The van der Waals surface area contributed by atoms with Gasteiger partial charge in [-0.25, -0.2) is 4.79 Å².